The lowest BCUT2D eigenvalue weighted by molar-refractivity contribution is -0.130. The van der Waals surface area contributed by atoms with Crippen molar-refractivity contribution in [3.05, 3.63) is 29.8 Å². The number of nitrogen functional groups attached to an aromatic ring is 1. The monoisotopic (exact) mass is 232 g/mol. The molecule has 1 aliphatic heterocycles. The first kappa shape index (κ1) is 12.0. The average molecular weight is 232 g/mol. The Morgan fingerprint density at radius 3 is 2.24 bits per heavy atom. The largest absolute Gasteiger partial charge is 0.399 e. The first-order chi connectivity index (χ1) is 8.25. The van der Waals surface area contributed by atoms with Crippen LogP contribution >= 0.6 is 0 Å². The molecule has 0 bridgehead atoms. The van der Waals surface area contributed by atoms with Crippen LogP contribution in [0.15, 0.2) is 24.3 Å². The molecule has 3 nitrogen and oxygen atoms in total. The lowest BCUT2D eigenvalue weighted by Crippen LogP contribution is -2.33. The Morgan fingerprint density at radius 1 is 1.06 bits per heavy atom. The number of anilines is 1. The maximum atomic E-state index is 12.1. The second-order valence-corrected chi connectivity index (χ2v) is 4.71. The Bertz CT molecular complexity index is 364. The lowest BCUT2D eigenvalue weighted by atomic mass is 10.1. The Kier molecular flexibility index (Phi) is 4.02. The van der Waals surface area contributed by atoms with E-state index >= 15 is 0 Å². The molecule has 1 fully saturated rings. The highest BCUT2D eigenvalue weighted by Gasteiger charge is 2.15. The summed E-state index contributed by atoms with van der Waals surface area (Å²) in [5.74, 6) is 0.247. The van der Waals surface area contributed by atoms with Gasteiger partial charge in [0.05, 0.1) is 6.42 Å². The molecule has 0 aliphatic carbocycles. The van der Waals surface area contributed by atoms with Crippen molar-refractivity contribution in [2.75, 3.05) is 18.8 Å². The van der Waals surface area contributed by atoms with Crippen molar-refractivity contribution < 1.29 is 4.79 Å². The van der Waals surface area contributed by atoms with Crippen molar-refractivity contribution in [2.45, 2.75) is 32.1 Å². The molecule has 1 aromatic rings. The number of nitrogens with two attached hydrogens (primary N) is 1. The Hall–Kier alpha value is -1.51. The summed E-state index contributed by atoms with van der Waals surface area (Å²) in [6, 6.07) is 7.58. The molecule has 1 saturated heterocycles. The van der Waals surface area contributed by atoms with Gasteiger partial charge >= 0.3 is 0 Å². The number of amides is 1. The van der Waals surface area contributed by atoms with Crippen molar-refractivity contribution in [1.29, 1.82) is 0 Å². The predicted octanol–water partition coefficient (Wildman–Crippen LogP) is 2.21. The van der Waals surface area contributed by atoms with Gasteiger partial charge in [0.2, 0.25) is 5.91 Å². The quantitative estimate of drug-likeness (QED) is 0.795. The van der Waals surface area contributed by atoms with Crippen molar-refractivity contribution in [3.8, 4) is 0 Å². The van der Waals surface area contributed by atoms with Gasteiger partial charge in [0, 0.05) is 18.8 Å². The van der Waals surface area contributed by atoms with Crippen LogP contribution < -0.4 is 5.73 Å². The first-order valence-corrected chi connectivity index (χ1v) is 6.38. The first-order valence-electron chi connectivity index (χ1n) is 6.38. The normalized spacial score (nSPS) is 16.6. The summed E-state index contributed by atoms with van der Waals surface area (Å²) in [5.41, 5.74) is 7.42. The number of hydrogen-bond acceptors (Lipinski definition) is 2. The van der Waals surface area contributed by atoms with Gasteiger partial charge in [0.25, 0.3) is 0 Å². The second-order valence-electron chi connectivity index (χ2n) is 4.71. The molecule has 1 aromatic carbocycles. The van der Waals surface area contributed by atoms with Crippen LogP contribution in [-0.2, 0) is 11.2 Å². The van der Waals surface area contributed by atoms with Crippen LogP contribution in [0.2, 0.25) is 0 Å². The molecule has 2 N–H and O–H groups in total. The molecule has 0 atom stereocenters. The number of carbonyl (C=O) groups excluding carboxylic acids is 1. The standard InChI is InChI=1S/C14H20N2O/c15-13-7-5-12(6-8-13)11-14(17)16-9-3-1-2-4-10-16/h5-8H,1-4,9-11,15H2. The van der Waals surface area contributed by atoms with Crippen LogP contribution in [0.5, 0.6) is 0 Å². The maximum Gasteiger partial charge on any atom is 0.226 e. The van der Waals surface area contributed by atoms with Crippen molar-refractivity contribution in [2.24, 2.45) is 0 Å². The van der Waals surface area contributed by atoms with Gasteiger partial charge in [-0.25, -0.2) is 0 Å². The number of carbonyl (C=O) groups is 1. The number of hydrogen-bond donors (Lipinski definition) is 1. The smallest absolute Gasteiger partial charge is 0.226 e. The van der Waals surface area contributed by atoms with Crippen LogP contribution in [0.1, 0.15) is 31.2 Å². The van der Waals surface area contributed by atoms with E-state index in [0.717, 1.165) is 37.2 Å². The van der Waals surface area contributed by atoms with Crippen LogP contribution in [0.3, 0.4) is 0 Å². The molecule has 0 unspecified atom stereocenters. The van der Waals surface area contributed by atoms with Gasteiger partial charge in [-0.15, -0.1) is 0 Å². The van der Waals surface area contributed by atoms with Crippen LogP contribution in [-0.4, -0.2) is 23.9 Å². The minimum Gasteiger partial charge on any atom is -0.399 e. The van der Waals surface area contributed by atoms with E-state index in [1.54, 1.807) is 0 Å². The average Bonchev–Trinajstić information content (AvgIpc) is 2.61. The summed E-state index contributed by atoms with van der Waals surface area (Å²) >= 11 is 0. The Labute approximate surface area is 103 Å². The van der Waals surface area contributed by atoms with Crippen LogP contribution in [0.25, 0.3) is 0 Å². The van der Waals surface area contributed by atoms with Crippen molar-refractivity contribution in [3.63, 3.8) is 0 Å². The summed E-state index contributed by atoms with van der Waals surface area (Å²) in [7, 11) is 0. The summed E-state index contributed by atoms with van der Waals surface area (Å²) in [6.45, 7) is 1.85. The topological polar surface area (TPSA) is 46.3 Å². The van der Waals surface area contributed by atoms with Gasteiger partial charge < -0.3 is 10.6 Å². The van der Waals surface area contributed by atoms with Crippen LogP contribution in [0.4, 0.5) is 5.69 Å². The number of likely N-dealkylation sites (tertiary alicyclic amines) is 1. The summed E-state index contributed by atoms with van der Waals surface area (Å²) in [6.07, 6.45) is 5.30. The van der Waals surface area contributed by atoms with E-state index in [0.29, 0.717) is 6.42 Å². The van der Waals surface area contributed by atoms with E-state index in [1.165, 1.54) is 12.8 Å². The molecule has 1 amide bonds. The fraction of sp³-hybridized carbons (Fsp3) is 0.500. The Morgan fingerprint density at radius 2 is 1.65 bits per heavy atom. The highest BCUT2D eigenvalue weighted by atomic mass is 16.2. The predicted molar refractivity (Wildman–Crippen MR) is 69.6 cm³/mol. The third-order valence-corrected chi connectivity index (χ3v) is 3.29. The molecule has 1 aliphatic rings. The minimum atomic E-state index is 0.247. The van der Waals surface area contributed by atoms with E-state index in [1.807, 2.05) is 29.2 Å². The lowest BCUT2D eigenvalue weighted by Gasteiger charge is -2.20. The fourth-order valence-electron chi connectivity index (χ4n) is 2.24. The number of nitrogens with zero attached hydrogens (tertiary/aromatic N) is 1. The van der Waals surface area contributed by atoms with E-state index in [2.05, 4.69) is 0 Å². The maximum absolute atomic E-state index is 12.1. The molecule has 1 heterocycles. The van der Waals surface area contributed by atoms with Gasteiger partial charge in [0.15, 0.2) is 0 Å². The molecule has 3 heteroatoms. The van der Waals surface area contributed by atoms with Gasteiger partial charge in [-0.2, -0.15) is 0 Å². The molecule has 92 valence electrons. The van der Waals surface area contributed by atoms with Gasteiger partial charge in [-0.05, 0) is 30.5 Å². The molecular weight excluding hydrogens is 212 g/mol. The zero-order valence-electron chi connectivity index (χ0n) is 10.2. The molecule has 0 spiro atoms. The van der Waals surface area contributed by atoms with E-state index < -0.39 is 0 Å². The highest BCUT2D eigenvalue weighted by Crippen LogP contribution is 2.12. The third kappa shape index (κ3) is 3.48. The van der Waals surface area contributed by atoms with Gasteiger partial charge in [-0.3, -0.25) is 4.79 Å². The van der Waals surface area contributed by atoms with Crippen molar-refractivity contribution >= 4 is 11.6 Å². The SMILES string of the molecule is Nc1ccc(CC(=O)N2CCCCCC2)cc1. The minimum absolute atomic E-state index is 0.247. The zero-order chi connectivity index (χ0) is 12.1. The molecule has 0 radical (unpaired) electrons. The van der Waals surface area contributed by atoms with Crippen LogP contribution in [0, 0.1) is 0 Å². The second kappa shape index (κ2) is 5.71. The molecular formula is C14H20N2O. The van der Waals surface area contributed by atoms with Gasteiger partial charge in [-0.1, -0.05) is 25.0 Å². The summed E-state index contributed by atoms with van der Waals surface area (Å²) in [4.78, 5) is 14.1. The molecule has 0 aromatic heterocycles. The highest BCUT2D eigenvalue weighted by molar-refractivity contribution is 5.78. The Balaban J connectivity index is 1.93. The van der Waals surface area contributed by atoms with Gasteiger partial charge in [0.1, 0.15) is 0 Å². The third-order valence-electron chi connectivity index (χ3n) is 3.29. The molecule has 2 rings (SSSR count). The molecule has 0 saturated carbocycles. The van der Waals surface area contributed by atoms with Crippen molar-refractivity contribution in [1.82, 2.24) is 4.90 Å². The van der Waals surface area contributed by atoms with E-state index in [9.17, 15) is 4.79 Å². The zero-order valence-corrected chi connectivity index (χ0v) is 10.2. The molecule has 17 heavy (non-hydrogen) atoms. The van der Waals surface area contributed by atoms with E-state index in [-0.39, 0.29) is 5.91 Å². The van der Waals surface area contributed by atoms with E-state index in [4.69, 9.17) is 5.73 Å². The number of benzene rings is 1. The summed E-state index contributed by atoms with van der Waals surface area (Å²) < 4.78 is 0. The number of rotatable bonds is 2. The summed E-state index contributed by atoms with van der Waals surface area (Å²) in [5, 5.41) is 0. The fourth-order valence-corrected chi connectivity index (χ4v) is 2.24.